The van der Waals surface area contributed by atoms with Crippen molar-refractivity contribution in [1.29, 1.82) is 0 Å². The van der Waals surface area contributed by atoms with Gasteiger partial charge < -0.3 is 5.32 Å². The van der Waals surface area contributed by atoms with Crippen LogP contribution in [0, 0.1) is 5.82 Å². The molecule has 0 radical (unpaired) electrons. The van der Waals surface area contributed by atoms with Crippen molar-refractivity contribution in [2.45, 2.75) is 6.42 Å². The van der Waals surface area contributed by atoms with Crippen LogP contribution in [0.15, 0.2) is 22.7 Å². The van der Waals surface area contributed by atoms with Crippen LogP contribution in [0.1, 0.15) is 6.42 Å². The normalized spacial score (nSPS) is 11.8. The van der Waals surface area contributed by atoms with E-state index in [1.54, 1.807) is 0 Å². The van der Waals surface area contributed by atoms with Crippen molar-refractivity contribution in [3.05, 3.63) is 28.5 Å². The summed E-state index contributed by atoms with van der Waals surface area (Å²) in [6, 6.07) is 3.78. The number of benzene rings is 1. The molecule has 1 rings (SSSR count). The lowest BCUT2D eigenvalue weighted by Crippen LogP contribution is -2.34. The third-order valence-electron chi connectivity index (χ3n) is 2.48. The summed E-state index contributed by atoms with van der Waals surface area (Å²) in [4.78, 5) is 0. The summed E-state index contributed by atoms with van der Waals surface area (Å²) in [5.74, 6) is -0.433. The molecule has 0 atom stereocenters. The molecule has 0 amide bonds. The van der Waals surface area contributed by atoms with Crippen LogP contribution in [0.25, 0.3) is 0 Å². The molecule has 2 N–H and O–H groups in total. The molecule has 0 unspecified atom stereocenters. The Morgan fingerprint density at radius 2 is 2.11 bits per heavy atom. The van der Waals surface area contributed by atoms with E-state index in [0.29, 0.717) is 23.1 Å². The fourth-order valence-electron chi connectivity index (χ4n) is 1.39. The Morgan fingerprint density at radius 3 is 2.68 bits per heavy atom. The molecular formula is C11H17BrFN3O2S. The van der Waals surface area contributed by atoms with Crippen LogP contribution in [0.2, 0.25) is 0 Å². The number of nitrogens with zero attached hydrogens (tertiary/aromatic N) is 1. The quantitative estimate of drug-likeness (QED) is 0.734. The summed E-state index contributed by atoms with van der Waals surface area (Å²) >= 11 is 3.12. The first-order valence-electron chi connectivity index (χ1n) is 5.70. The average Bonchev–Trinajstić information content (AvgIpc) is 2.33. The molecule has 0 aliphatic heterocycles. The van der Waals surface area contributed by atoms with E-state index >= 15 is 0 Å². The topological polar surface area (TPSA) is 61.4 Å². The van der Waals surface area contributed by atoms with E-state index in [-0.39, 0.29) is 0 Å². The first-order valence-corrected chi connectivity index (χ1v) is 7.94. The molecule has 8 heteroatoms. The van der Waals surface area contributed by atoms with Crippen LogP contribution in [0.4, 0.5) is 10.1 Å². The predicted octanol–water partition coefficient (Wildman–Crippen LogP) is 1.79. The number of hydrogen-bond acceptors (Lipinski definition) is 3. The SMILES string of the molecule is CNCCCN(C)S(=O)(=O)Nc1ccc(F)cc1Br. The number of halogens is 2. The molecule has 0 saturated heterocycles. The van der Waals surface area contributed by atoms with Crippen LogP contribution in [-0.2, 0) is 10.2 Å². The Balaban J connectivity index is 2.73. The summed E-state index contributed by atoms with van der Waals surface area (Å²) in [5, 5.41) is 2.95. The highest BCUT2D eigenvalue weighted by Crippen LogP contribution is 2.24. The molecule has 1 aromatic carbocycles. The van der Waals surface area contributed by atoms with Gasteiger partial charge in [-0.1, -0.05) is 0 Å². The van der Waals surface area contributed by atoms with Gasteiger partial charge in [-0.3, -0.25) is 4.72 Å². The van der Waals surface area contributed by atoms with Gasteiger partial charge in [0, 0.05) is 18.1 Å². The number of hydrogen-bond donors (Lipinski definition) is 2. The molecule has 0 aliphatic carbocycles. The molecule has 0 aromatic heterocycles. The summed E-state index contributed by atoms with van der Waals surface area (Å²) in [5.41, 5.74) is 0.307. The van der Waals surface area contributed by atoms with E-state index in [9.17, 15) is 12.8 Å². The predicted molar refractivity (Wildman–Crippen MR) is 77.8 cm³/mol. The molecule has 0 spiro atoms. The Labute approximate surface area is 121 Å². The van der Waals surface area contributed by atoms with Crippen LogP contribution in [0.3, 0.4) is 0 Å². The molecular weight excluding hydrogens is 337 g/mol. The maximum Gasteiger partial charge on any atom is 0.301 e. The Morgan fingerprint density at radius 1 is 1.42 bits per heavy atom. The molecule has 0 saturated carbocycles. The largest absolute Gasteiger partial charge is 0.320 e. The highest BCUT2D eigenvalue weighted by molar-refractivity contribution is 9.10. The smallest absolute Gasteiger partial charge is 0.301 e. The second-order valence-corrected chi connectivity index (χ2v) is 6.64. The van der Waals surface area contributed by atoms with Crippen molar-refractivity contribution >= 4 is 31.8 Å². The third kappa shape index (κ3) is 5.06. The summed E-state index contributed by atoms with van der Waals surface area (Å²) in [6.07, 6.45) is 0.707. The van der Waals surface area contributed by atoms with Gasteiger partial charge in [0.25, 0.3) is 0 Å². The standard InChI is InChI=1S/C11H17BrFN3O2S/c1-14-6-3-7-16(2)19(17,18)15-11-5-4-9(13)8-10(11)12/h4-5,8,14-15H,3,6-7H2,1-2H3. The lowest BCUT2D eigenvalue weighted by molar-refractivity contribution is 0.462. The fourth-order valence-corrected chi connectivity index (χ4v) is 2.95. The third-order valence-corrected chi connectivity index (χ3v) is 4.62. The van der Waals surface area contributed by atoms with Gasteiger partial charge >= 0.3 is 10.2 Å². The minimum atomic E-state index is -3.63. The zero-order chi connectivity index (χ0) is 14.5. The Kier molecular flexibility index (Phi) is 6.18. The zero-order valence-corrected chi connectivity index (χ0v) is 13.2. The fraction of sp³-hybridized carbons (Fsp3) is 0.455. The van der Waals surface area contributed by atoms with Crippen molar-refractivity contribution in [1.82, 2.24) is 9.62 Å². The molecule has 5 nitrogen and oxygen atoms in total. The second kappa shape index (κ2) is 7.18. The maximum atomic E-state index is 12.9. The van der Waals surface area contributed by atoms with Gasteiger partial charge in [0.15, 0.2) is 0 Å². The summed E-state index contributed by atoms with van der Waals surface area (Å²) < 4.78 is 40.9. The lowest BCUT2D eigenvalue weighted by atomic mass is 10.3. The van der Waals surface area contributed by atoms with Gasteiger partial charge in [-0.15, -0.1) is 0 Å². The second-order valence-electron chi connectivity index (χ2n) is 4.01. The molecule has 0 fully saturated rings. The van der Waals surface area contributed by atoms with Crippen molar-refractivity contribution in [2.24, 2.45) is 0 Å². The van der Waals surface area contributed by atoms with Gasteiger partial charge in [-0.25, -0.2) is 4.39 Å². The molecule has 108 valence electrons. The number of nitrogens with one attached hydrogen (secondary N) is 2. The first-order chi connectivity index (χ1) is 8.86. The first kappa shape index (κ1) is 16.4. The van der Waals surface area contributed by atoms with E-state index in [1.165, 1.54) is 29.6 Å². The van der Waals surface area contributed by atoms with Crippen LogP contribution in [0.5, 0.6) is 0 Å². The van der Waals surface area contributed by atoms with Crippen molar-refractivity contribution in [2.75, 3.05) is 31.9 Å². The van der Waals surface area contributed by atoms with E-state index < -0.39 is 16.0 Å². The van der Waals surface area contributed by atoms with Crippen LogP contribution in [-0.4, -0.2) is 39.9 Å². The van der Waals surface area contributed by atoms with Gasteiger partial charge in [0.2, 0.25) is 0 Å². The summed E-state index contributed by atoms with van der Waals surface area (Å²) in [6.45, 7) is 1.13. The molecule has 19 heavy (non-hydrogen) atoms. The van der Waals surface area contributed by atoms with E-state index in [1.807, 2.05) is 7.05 Å². The summed E-state index contributed by atoms with van der Waals surface area (Å²) in [7, 11) is -0.323. The van der Waals surface area contributed by atoms with E-state index in [4.69, 9.17) is 0 Å². The number of anilines is 1. The van der Waals surface area contributed by atoms with E-state index in [2.05, 4.69) is 26.0 Å². The Bertz CT molecular complexity index is 525. The molecule has 0 heterocycles. The molecule has 1 aromatic rings. The van der Waals surface area contributed by atoms with Crippen molar-refractivity contribution in [3.8, 4) is 0 Å². The van der Waals surface area contributed by atoms with Crippen LogP contribution >= 0.6 is 15.9 Å². The minimum absolute atomic E-state index is 0.307. The lowest BCUT2D eigenvalue weighted by Gasteiger charge is -2.18. The van der Waals surface area contributed by atoms with Gasteiger partial charge in [-0.05, 0) is 54.1 Å². The van der Waals surface area contributed by atoms with Crippen molar-refractivity contribution in [3.63, 3.8) is 0 Å². The monoisotopic (exact) mass is 353 g/mol. The average molecular weight is 354 g/mol. The maximum absolute atomic E-state index is 12.9. The van der Waals surface area contributed by atoms with Crippen LogP contribution < -0.4 is 10.0 Å². The molecule has 0 bridgehead atoms. The van der Waals surface area contributed by atoms with Gasteiger partial charge in [-0.2, -0.15) is 12.7 Å². The number of rotatable bonds is 7. The zero-order valence-electron chi connectivity index (χ0n) is 10.8. The van der Waals surface area contributed by atoms with Crippen molar-refractivity contribution < 1.29 is 12.8 Å². The van der Waals surface area contributed by atoms with Gasteiger partial charge in [0.1, 0.15) is 5.82 Å². The van der Waals surface area contributed by atoms with E-state index in [0.717, 1.165) is 6.54 Å². The minimum Gasteiger partial charge on any atom is -0.320 e. The van der Waals surface area contributed by atoms with Gasteiger partial charge in [0.05, 0.1) is 5.69 Å². The molecule has 0 aliphatic rings. The highest BCUT2D eigenvalue weighted by atomic mass is 79.9. The Hall–Kier alpha value is -0.700. The highest BCUT2D eigenvalue weighted by Gasteiger charge is 2.18.